The summed E-state index contributed by atoms with van der Waals surface area (Å²) < 4.78 is 12.5. The molecule has 2 fully saturated rings. The van der Waals surface area contributed by atoms with Crippen LogP contribution in [0.1, 0.15) is 6.23 Å². The second-order valence-corrected chi connectivity index (χ2v) is 5.12. The van der Waals surface area contributed by atoms with Crippen molar-refractivity contribution < 1.29 is 14.6 Å². The summed E-state index contributed by atoms with van der Waals surface area (Å²) in [7, 11) is 0. The van der Waals surface area contributed by atoms with Gasteiger partial charge in [-0.1, -0.05) is 0 Å². The van der Waals surface area contributed by atoms with Gasteiger partial charge in [-0.05, 0) is 22.6 Å². The molecule has 2 aliphatic heterocycles. The molecule has 2 N–H and O–H groups in total. The molecular weight excluding hydrogens is 343 g/mol. The number of epoxide rings is 1. The van der Waals surface area contributed by atoms with Crippen LogP contribution >= 0.6 is 22.6 Å². The number of halogens is 1. The Morgan fingerprint density at radius 1 is 1.41 bits per heavy atom. The van der Waals surface area contributed by atoms with Gasteiger partial charge in [-0.3, -0.25) is 14.3 Å². The van der Waals surface area contributed by atoms with E-state index in [4.69, 9.17) is 14.6 Å². The fraction of sp³-hybridized carbons (Fsp3) is 0.556. The quantitative estimate of drug-likeness (QED) is 0.515. The van der Waals surface area contributed by atoms with Crippen molar-refractivity contribution in [2.75, 3.05) is 6.61 Å². The molecule has 0 spiro atoms. The molecule has 2 aliphatic rings. The summed E-state index contributed by atoms with van der Waals surface area (Å²) in [5, 5.41) is 9.04. The highest BCUT2D eigenvalue weighted by molar-refractivity contribution is 14.1. The number of ether oxygens (including phenoxy) is 2. The van der Waals surface area contributed by atoms with E-state index in [2.05, 4.69) is 4.98 Å². The molecule has 7 nitrogen and oxygen atoms in total. The van der Waals surface area contributed by atoms with Crippen molar-refractivity contribution in [2.24, 2.45) is 0 Å². The zero-order valence-corrected chi connectivity index (χ0v) is 10.7. The van der Waals surface area contributed by atoms with Gasteiger partial charge in [-0.15, -0.1) is 0 Å². The molecule has 0 radical (unpaired) electrons. The molecule has 92 valence electrons. The Morgan fingerprint density at radius 2 is 2.18 bits per heavy atom. The van der Waals surface area contributed by atoms with Crippen molar-refractivity contribution >= 4 is 22.6 Å². The maximum Gasteiger partial charge on any atom is 0.330 e. The highest BCUT2D eigenvalue weighted by atomic mass is 127. The van der Waals surface area contributed by atoms with Gasteiger partial charge < -0.3 is 14.6 Å². The lowest BCUT2D eigenvalue weighted by atomic mass is 10.2. The molecule has 1 aromatic heterocycles. The number of rotatable bonds is 2. The first kappa shape index (κ1) is 11.4. The summed E-state index contributed by atoms with van der Waals surface area (Å²) >= 11 is 1.84. The monoisotopic (exact) mass is 352 g/mol. The predicted octanol–water partition coefficient (Wildman–Crippen LogP) is -1.20. The molecule has 0 bridgehead atoms. The van der Waals surface area contributed by atoms with Crippen molar-refractivity contribution in [1.82, 2.24) is 9.55 Å². The van der Waals surface area contributed by atoms with E-state index in [1.165, 1.54) is 10.8 Å². The fourth-order valence-corrected chi connectivity index (χ4v) is 2.45. The van der Waals surface area contributed by atoms with Crippen LogP contribution in [0, 0.1) is 3.57 Å². The summed E-state index contributed by atoms with van der Waals surface area (Å²) in [6.45, 7) is -0.146. The van der Waals surface area contributed by atoms with Crippen LogP contribution in [0.5, 0.6) is 0 Å². The topological polar surface area (TPSA) is 96.9 Å². The van der Waals surface area contributed by atoms with E-state index in [-0.39, 0.29) is 18.8 Å². The normalized spacial score (nSPS) is 34.7. The second kappa shape index (κ2) is 3.90. The maximum atomic E-state index is 11.6. The summed E-state index contributed by atoms with van der Waals surface area (Å²) in [6.07, 6.45) is 0.0924. The van der Waals surface area contributed by atoms with Crippen LogP contribution in [0.2, 0.25) is 0 Å². The average molecular weight is 352 g/mol. The SMILES string of the molecule is O=c1[nH]c(=O)n([C@@H]2O[C@H](CO)[C@@H]3O[C@@H]32)cc1I. The third-order valence-corrected chi connectivity index (χ3v) is 3.67. The molecule has 2 saturated heterocycles. The van der Waals surface area contributed by atoms with Crippen molar-refractivity contribution in [3.8, 4) is 0 Å². The third-order valence-electron chi connectivity index (χ3n) is 2.90. The summed E-state index contributed by atoms with van der Waals surface area (Å²) in [4.78, 5) is 25.1. The first-order valence-corrected chi connectivity index (χ1v) is 6.12. The zero-order chi connectivity index (χ0) is 12.2. The predicted molar refractivity (Wildman–Crippen MR) is 63.7 cm³/mol. The second-order valence-electron chi connectivity index (χ2n) is 3.96. The van der Waals surface area contributed by atoms with E-state index in [1.54, 1.807) is 0 Å². The molecular formula is C9H9IN2O5. The molecule has 3 rings (SSSR count). The van der Waals surface area contributed by atoms with Gasteiger partial charge in [-0.25, -0.2) is 4.79 Å². The Balaban J connectivity index is 1.98. The highest BCUT2D eigenvalue weighted by Crippen LogP contribution is 2.43. The zero-order valence-electron chi connectivity index (χ0n) is 8.50. The minimum Gasteiger partial charge on any atom is -0.394 e. The number of aromatic nitrogens is 2. The van der Waals surface area contributed by atoms with E-state index in [1.807, 2.05) is 22.6 Å². The first-order valence-electron chi connectivity index (χ1n) is 5.04. The van der Waals surface area contributed by atoms with Gasteiger partial charge in [0.05, 0.1) is 10.2 Å². The average Bonchev–Trinajstić information content (AvgIpc) is 3.00. The molecule has 0 saturated carbocycles. The summed E-state index contributed by atoms with van der Waals surface area (Å²) in [5.74, 6) is 0. The fourth-order valence-electron chi connectivity index (χ4n) is 2.02. The third kappa shape index (κ3) is 1.75. The van der Waals surface area contributed by atoms with Crippen LogP contribution in [-0.4, -0.2) is 39.6 Å². The number of H-pyrrole nitrogens is 1. The standard InChI is InChI=1S/C9H9IN2O5/c10-3-1-12(9(15)11-7(3)14)8-6-5(17-6)4(2-13)16-8/h1,4-6,8,13H,2H2,(H,11,14,15)/t4-,5+,6+,8-/m1/s1. The van der Waals surface area contributed by atoms with Crippen molar-refractivity contribution in [3.05, 3.63) is 30.6 Å². The molecule has 0 aliphatic carbocycles. The van der Waals surface area contributed by atoms with Gasteiger partial charge in [0.25, 0.3) is 5.56 Å². The van der Waals surface area contributed by atoms with Gasteiger partial charge in [0.2, 0.25) is 0 Å². The van der Waals surface area contributed by atoms with Crippen LogP contribution in [0.25, 0.3) is 0 Å². The van der Waals surface area contributed by atoms with Gasteiger partial charge in [0.15, 0.2) is 6.23 Å². The maximum absolute atomic E-state index is 11.6. The molecule has 0 amide bonds. The van der Waals surface area contributed by atoms with E-state index >= 15 is 0 Å². The number of aliphatic hydroxyl groups excluding tert-OH is 1. The number of hydrogen-bond acceptors (Lipinski definition) is 5. The largest absolute Gasteiger partial charge is 0.394 e. The molecule has 17 heavy (non-hydrogen) atoms. The minimum atomic E-state index is -0.574. The number of hydrogen-bond donors (Lipinski definition) is 2. The van der Waals surface area contributed by atoms with Gasteiger partial charge >= 0.3 is 5.69 Å². The van der Waals surface area contributed by atoms with Gasteiger partial charge in [0.1, 0.15) is 18.3 Å². The van der Waals surface area contributed by atoms with E-state index in [0.717, 1.165) is 0 Å². The molecule has 0 unspecified atom stereocenters. The molecule has 0 aromatic carbocycles. The molecule has 1 aromatic rings. The lowest BCUT2D eigenvalue weighted by Gasteiger charge is -2.17. The van der Waals surface area contributed by atoms with Crippen molar-refractivity contribution in [1.29, 1.82) is 0 Å². The van der Waals surface area contributed by atoms with Crippen LogP contribution < -0.4 is 11.2 Å². The Labute approximate surface area is 108 Å². The minimum absolute atomic E-state index is 0.146. The molecule has 3 heterocycles. The van der Waals surface area contributed by atoms with E-state index < -0.39 is 23.6 Å². The van der Waals surface area contributed by atoms with E-state index in [9.17, 15) is 9.59 Å². The van der Waals surface area contributed by atoms with Gasteiger partial charge in [-0.2, -0.15) is 0 Å². The molecule has 8 heteroatoms. The number of nitrogens with one attached hydrogen (secondary N) is 1. The lowest BCUT2D eigenvalue weighted by Crippen LogP contribution is -2.35. The van der Waals surface area contributed by atoms with Gasteiger partial charge in [0, 0.05) is 6.20 Å². The van der Waals surface area contributed by atoms with Crippen molar-refractivity contribution in [3.63, 3.8) is 0 Å². The van der Waals surface area contributed by atoms with Crippen LogP contribution in [0.4, 0.5) is 0 Å². The number of aromatic amines is 1. The van der Waals surface area contributed by atoms with Crippen molar-refractivity contribution in [2.45, 2.75) is 24.5 Å². The summed E-state index contributed by atoms with van der Waals surface area (Å²) in [6, 6.07) is 0. The number of nitrogens with zero attached hydrogens (tertiary/aromatic N) is 1. The Morgan fingerprint density at radius 3 is 2.82 bits per heavy atom. The molecule has 4 atom stereocenters. The Kier molecular flexibility index (Phi) is 2.61. The van der Waals surface area contributed by atoms with Crippen LogP contribution in [-0.2, 0) is 9.47 Å². The summed E-state index contributed by atoms with van der Waals surface area (Å²) in [5.41, 5.74) is -0.954. The Bertz CT molecular complexity index is 567. The number of aliphatic hydroxyl groups is 1. The first-order chi connectivity index (χ1) is 8.11. The lowest BCUT2D eigenvalue weighted by molar-refractivity contribution is -0.0857. The van der Waals surface area contributed by atoms with Crippen LogP contribution in [0.15, 0.2) is 15.8 Å². The smallest absolute Gasteiger partial charge is 0.330 e. The van der Waals surface area contributed by atoms with E-state index in [0.29, 0.717) is 3.57 Å². The number of fused-ring (bicyclic) bond motifs is 1. The Hall–Kier alpha value is -0.710. The highest BCUT2D eigenvalue weighted by Gasteiger charge is 2.58. The van der Waals surface area contributed by atoms with Crippen LogP contribution in [0.3, 0.4) is 0 Å².